The maximum absolute atomic E-state index is 13.6. The molecule has 118 valence electrons. The third-order valence-electron chi connectivity index (χ3n) is 2.62. The molecule has 0 aliphatic carbocycles. The molecule has 8 heteroatoms. The SMILES string of the molecule is COCCOCC(=O)Nc1nc(-c2cc(F)ccc2F)cs1. The second-order valence-electron chi connectivity index (χ2n) is 4.26. The Morgan fingerprint density at radius 3 is 2.95 bits per heavy atom. The van der Waals surface area contributed by atoms with Crippen LogP contribution in [-0.2, 0) is 14.3 Å². The number of carbonyl (C=O) groups is 1. The van der Waals surface area contributed by atoms with Crippen molar-refractivity contribution in [2.24, 2.45) is 0 Å². The highest BCUT2D eigenvalue weighted by Crippen LogP contribution is 2.27. The molecule has 0 bridgehead atoms. The van der Waals surface area contributed by atoms with E-state index in [0.29, 0.717) is 18.3 Å². The van der Waals surface area contributed by atoms with Crippen LogP contribution in [0.15, 0.2) is 23.6 Å². The van der Waals surface area contributed by atoms with Crippen LogP contribution in [0.3, 0.4) is 0 Å². The molecule has 0 saturated carbocycles. The molecular formula is C14H14F2N2O3S. The van der Waals surface area contributed by atoms with Gasteiger partial charge in [-0.1, -0.05) is 0 Å². The van der Waals surface area contributed by atoms with Crippen LogP contribution >= 0.6 is 11.3 Å². The van der Waals surface area contributed by atoms with Crippen LogP contribution < -0.4 is 5.32 Å². The fraction of sp³-hybridized carbons (Fsp3) is 0.286. The Hall–Kier alpha value is -1.90. The lowest BCUT2D eigenvalue weighted by Crippen LogP contribution is -2.19. The molecule has 1 N–H and O–H groups in total. The standard InChI is InChI=1S/C14H14F2N2O3S/c1-20-4-5-21-7-13(19)18-14-17-12(8-22-14)10-6-9(15)2-3-11(10)16/h2-3,6,8H,4-5,7H2,1H3,(H,17,18,19). The van der Waals surface area contributed by atoms with Crippen LogP contribution in [0.4, 0.5) is 13.9 Å². The van der Waals surface area contributed by atoms with Gasteiger partial charge in [0.05, 0.1) is 18.9 Å². The van der Waals surface area contributed by atoms with E-state index < -0.39 is 11.6 Å². The van der Waals surface area contributed by atoms with E-state index in [2.05, 4.69) is 10.3 Å². The van der Waals surface area contributed by atoms with Gasteiger partial charge < -0.3 is 9.47 Å². The molecule has 0 aliphatic heterocycles. The molecule has 0 fully saturated rings. The predicted molar refractivity (Wildman–Crippen MR) is 78.8 cm³/mol. The summed E-state index contributed by atoms with van der Waals surface area (Å²) in [6.45, 7) is 0.571. The molecule has 0 spiro atoms. The fourth-order valence-electron chi connectivity index (χ4n) is 1.61. The first-order chi connectivity index (χ1) is 10.6. The highest BCUT2D eigenvalue weighted by atomic mass is 32.1. The normalized spacial score (nSPS) is 10.7. The second-order valence-corrected chi connectivity index (χ2v) is 5.11. The van der Waals surface area contributed by atoms with Crippen LogP contribution in [0.2, 0.25) is 0 Å². The van der Waals surface area contributed by atoms with Gasteiger partial charge in [0.2, 0.25) is 0 Å². The quantitative estimate of drug-likeness (QED) is 0.794. The van der Waals surface area contributed by atoms with E-state index in [1.54, 1.807) is 5.38 Å². The number of carbonyl (C=O) groups excluding carboxylic acids is 1. The number of nitrogens with one attached hydrogen (secondary N) is 1. The minimum absolute atomic E-state index is 0.0492. The van der Waals surface area contributed by atoms with Crippen molar-refractivity contribution in [3.63, 3.8) is 0 Å². The monoisotopic (exact) mass is 328 g/mol. The summed E-state index contributed by atoms with van der Waals surface area (Å²) in [5.74, 6) is -1.51. The lowest BCUT2D eigenvalue weighted by molar-refractivity contribution is -0.121. The number of amides is 1. The number of halogens is 2. The molecular weight excluding hydrogens is 314 g/mol. The van der Waals surface area contributed by atoms with Gasteiger partial charge in [0.1, 0.15) is 18.2 Å². The molecule has 5 nitrogen and oxygen atoms in total. The smallest absolute Gasteiger partial charge is 0.252 e. The van der Waals surface area contributed by atoms with E-state index in [0.717, 1.165) is 29.5 Å². The lowest BCUT2D eigenvalue weighted by Gasteiger charge is -2.03. The summed E-state index contributed by atoms with van der Waals surface area (Å²) in [5.41, 5.74) is 0.311. The maximum Gasteiger partial charge on any atom is 0.252 e. The number of hydrogen-bond acceptors (Lipinski definition) is 5. The number of aromatic nitrogens is 1. The van der Waals surface area contributed by atoms with Crippen molar-refractivity contribution in [1.29, 1.82) is 0 Å². The molecule has 22 heavy (non-hydrogen) atoms. The molecule has 0 atom stereocenters. The van der Waals surface area contributed by atoms with Crippen molar-refractivity contribution in [2.45, 2.75) is 0 Å². The van der Waals surface area contributed by atoms with Crippen molar-refractivity contribution in [1.82, 2.24) is 4.98 Å². The number of methoxy groups -OCH3 is 1. The van der Waals surface area contributed by atoms with Gasteiger partial charge in [-0.25, -0.2) is 13.8 Å². The Balaban J connectivity index is 1.96. The van der Waals surface area contributed by atoms with Gasteiger partial charge in [-0.2, -0.15) is 0 Å². The first-order valence-corrected chi connectivity index (χ1v) is 7.25. The summed E-state index contributed by atoms with van der Waals surface area (Å²) >= 11 is 1.12. The predicted octanol–water partition coefficient (Wildman–Crippen LogP) is 2.69. The molecule has 0 radical (unpaired) electrons. The van der Waals surface area contributed by atoms with Crippen LogP contribution in [-0.4, -0.2) is 37.8 Å². The summed E-state index contributed by atoms with van der Waals surface area (Å²) in [7, 11) is 1.53. The van der Waals surface area contributed by atoms with Crippen LogP contribution in [0.1, 0.15) is 0 Å². The molecule has 0 saturated heterocycles. The first-order valence-electron chi connectivity index (χ1n) is 6.37. The van der Waals surface area contributed by atoms with E-state index in [4.69, 9.17) is 9.47 Å². The van der Waals surface area contributed by atoms with Crippen molar-refractivity contribution >= 4 is 22.4 Å². The summed E-state index contributed by atoms with van der Waals surface area (Å²) in [6.07, 6.45) is 0. The van der Waals surface area contributed by atoms with Crippen molar-refractivity contribution < 1.29 is 23.0 Å². The Morgan fingerprint density at radius 1 is 1.36 bits per heavy atom. The van der Waals surface area contributed by atoms with Crippen molar-refractivity contribution in [3.05, 3.63) is 35.2 Å². The van der Waals surface area contributed by atoms with Crippen LogP contribution in [0.25, 0.3) is 11.3 Å². The van der Waals surface area contributed by atoms with E-state index >= 15 is 0 Å². The number of anilines is 1. The van der Waals surface area contributed by atoms with E-state index in [1.807, 2.05) is 0 Å². The molecule has 2 rings (SSSR count). The lowest BCUT2D eigenvalue weighted by atomic mass is 10.1. The Kier molecular flexibility index (Phi) is 5.93. The number of thiazole rings is 1. The van der Waals surface area contributed by atoms with Gasteiger partial charge in [0.15, 0.2) is 5.13 Å². The minimum Gasteiger partial charge on any atom is -0.382 e. The molecule has 1 heterocycles. The van der Waals surface area contributed by atoms with Gasteiger partial charge in [-0.05, 0) is 18.2 Å². The van der Waals surface area contributed by atoms with Crippen molar-refractivity contribution in [3.8, 4) is 11.3 Å². The minimum atomic E-state index is -0.576. The Bertz CT molecular complexity index is 649. The van der Waals surface area contributed by atoms with E-state index in [1.165, 1.54) is 7.11 Å². The highest BCUT2D eigenvalue weighted by Gasteiger charge is 2.12. The number of nitrogens with zero attached hydrogens (tertiary/aromatic N) is 1. The zero-order valence-corrected chi connectivity index (χ0v) is 12.6. The summed E-state index contributed by atoms with van der Waals surface area (Å²) in [5, 5.41) is 4.36. The number of rotatable bonds is 7. The molecule has 1 aromatic heterocycles. The van der Waals surface area contributed by atoms with Crippen molar-refractivity contribution in [2.75, 3.05) is 32.2 Å². The number of hydrogen-bond donors (Lipinski definition) is 1. The number of ether oxygens (including phenoxy) is 2. The van der Waals surface area contributed by atoms with Crippen LogP contribution in [0, 0.1) is 11.6 Å². The third-order valence-corrected chi connectivity index (χ3v) is 3.38. The topological polar surface area (TPSA) is 60.5 Å². The molecule has 0 unspecified atom stereocenters. The average molecular weight is 328 g/mol. The first kappa shape index (κ1) is 16.5. The van der Waals surface area contributed by atoms with Gasteiger partial charge in [-0.15, -0.1) is 11.3 Å². The third kappa shape index (κ3) is 4.55. The van der Waals surface area contributed by atoms with Gasteiger partial charge in [-0.3, -0.25) is 10.1 Å². The molecule has 1 amide bonds. The second kappa shape index (κ2) is 7.92. The van der Waals surface area contributed by atoms with Gasteiger partial charge in [0.25, 0.3) is 5.91 Å². The maximum atomic E-state index is 13.6. The largest absolute Gasteiger partial charge is 0.382 e. The van der Waals surface area contributed by atoms with E-state index in [-0.39, 0.29) is 23.8 Å². The summed E-state index contributed by atoms with van der Waals surface area (Å²) in [6, 6.07) is 3.13. The zero-order valence-electron chi connectivity index (χ0n) is 11.8. The van der Waals surface area contributed by atoms with Crippen LogP contribution in [0.5, 0.6) is 0 Å². The summed E-state index contributed by atoms with van der Waals surface area (Å²) < 4.78 is 36.7. The number of benzene rings is 1. The molecule has 0 aliphatic rings. The Morgan fingerprint density at radius 2 is 2.18 bits per heavy atom. The van der Waals surface area contributed by atoms with E-state index in [9.17, 15) is 13.6 Å². The highest BCUT2D eigenvalue weighted by molar-refractivity contribution is 7.14. The fourth-order valence-corrected chi connectivity index (χ4v) is 2.34. The molecule has 1 aromatic carbocycles. The average Bonchev–Trinajstić information content (AvgIpc) is 2.94. The zero-order chi connectivity index (χ0) is 15.9. The van der Waals surface area contributed by atoms with Gasteiger partial charge >= 0.3 is 0 Å². The summed E-state index contributed by atoms with van der Waals surface area (Å²) in [4.78, 5) is 15.7. The Labute approximate surface area is 129 Å². The molecule has 2 aromatic rings. The van der Waals surface area contributed by atoms with Gasteiger partial charge in [0, 0.05) is 18.1 Å².